The summed E-state index contributed by atoms with van der Waals surface area (Å²) < 4.78 is 13.4. The molecule has 0 bridgehead atoms. The third-order valence-corrected chi connectivity index (χ3v) is 5.02. The van der Waals surface area contributed by atoms with E-state index in [1.54, 1.807) is 0 Å². The third kappa shape index (κ3) is 3.65. The zero-order valence-electron chi connectivity index (χ0n) is 11.4. The van der Waals surface area contributed by atoms with E-state index in [4.69, 9.17) is 5.73 Å². The van der Waals surface area contributed by atoms with Crippen molar-refractivity contribution in [3.63, 3.8) is 0 Å². The van der Waals surface area contributed by atoms with Crippen LogP contribution in [0.25, 0.3) is 0 Å². The quantitative estimate of drug-likeness (QED) is 0.801. The van der Waals surface area contributed by atoms with Gasteiger partial charge in [0.2, 0.25) is 0 Å². The number of rotatable bonds is 2. The fourth-order valence-electron chi connectivity index (χ4n) is 2.26. The van der Waals surface area contributed by atoms with Crippen LogP contribution in [0.1, 0.15) is 27.3 Å². The molecule has 0 saturated heterocycles. The number of nitrogens with two attached hydrogens (primary N) is 1. The first-order valence-electron chi connectivity index (χ1n) is 6.53. The average molecular weight is 407 g/mol. The summed E-state index contributed by atoms with van der Waals surface area (Å²) in [4.78, 5) is 17.7. The van der Waals surface area contributed by atoms with E-state index in [0.29, 0.717) is 10.7 Å². The smallest absolute Gasteiger partial charge is 0.257 e. The van der Waals surface area contributed by atoms with E-state index in [1.807, 2.05) is 0 Å². The second kappa shape index (κ2) is 7.04. The summed E-state index contributed by atoms with van der Waals surface area (Å²) in [6.07, 6.45) is 2.59. The number of hydrogen-bond donors (Lipinski definition) is 2. The molecule has 0 fully saturated rings. The fourth-order valence-corrected chi connectivity index (χ4v) is 3.74. The Morgan fingerprint density at radius 3 is 3.00 bits per heavy atom. The summed E-state index contributed by atoms with van der Waals surface area (Å²) in [5.74, 6) is -0.698. The lowest BCUT2D eigenvalue weighted by Gasteiger charge is -2.15. The summed E-state index contributed by atoms with van der Waals surface area (Å²) in [6, 6.07) is 4.33. The number of nitrogens with zero attached hydrogens (tertiary/aromatic N) is 1. The zero-order valence-corrected chi connectivity index (χ0v) is 14.7. The number of aromatic nitrogens is 1. The molecule has 0 radical (unpaired) electrons. The minimum absolute atomic E-state index is 0. The van der Waals surface area contributed by atoms with E-state index in [9.17, 15) is 9.18 Å². The maximum Gasteiger partial charge on any atom is 0.257 e. The van der Waals surface area contributed by atoms with Crippen LogP contribution in [0.3, 0.4) is 0 Å². The average Bonchev–Trinajstić information content (AvgIpc) is 2.83. The summed E-state index contributed by atoms with van der Waals surface area (Å²) >= 11 is 4.53. The summed E-state index contributed by atoms with van der Waals surface area (Å²) in [5, 5.41) is 3.33. The molecule has 3 rings (SSSR count). The van der Waals surface area contributed by atoms with E-state index in [1.165, 1.54) is 29.5 Å². The molecule has 4 nitrogen and oxygen atoms in total. The van der Waals surface area contributed by atoms with Crippen molar-refractivity contribution >= 4 is 50.7 Å². The largest absolute Gasteiger partial charge is 0.327 e. The number of aryl methyl sites for hydroxylation is 1. The highest BCUT2D eigenvalue weighted by molar-refractivity contribution is 9.10. The lowest BCUT2D eigenvalue weighted by Crippen LogP contribution is -2.27. The van der Waals surface area contributed by atoms with Crippen LogP contribution < -0.4 is 11.1 Å². The Bertz CT molecular complexity index is 709. The van der Waals surface area contributed by atoms with Crippen LogP contribution in [0.2, 0.25) is 0 Å². The molecule has 22 heavy (non-hydrogen) atoms. The highest BCUT2D eigenvalue weighted by atomic mass is 79.9. The fraction of sp³-hybridized carbons (Fsp3) is 0.286. The van der Waals surface area contributed by atoms with Crippen molar-refractivity contribution < 1.29 is 9.18 Å². The standard InChI is InChI=1S/C14H13BrFN3OS.ClH/c15-9-5-7(1-3-10(9)16)13(20)19-14-18-11-4-2-8(17)6-12(11)21-14;/h1,3,5,8H,2,4,6,17H2,(H,18,19,20);1H/t8-;/m0./s1. The van der Waals surface area contributed by atoms with Crippen LogP contribution in [-0.2, 0) is 12.8 Å². The number of hydrogen-bond acceptors (Lipinski definition) is 4. The van der Waals surface area contributed by atoms with Gasteiger partial charge in [-0.3, -0.25) is 10.1 Å². The SMILES string of the molecule is Cl.N[C@H]1CCc2nc(NC(=O)c3ccc(F)c(Br)c3)sc2C1. The number of amides is 1. The Hall–Kier alpha value is -1.02. The summed E-state index contributed by atoms with van der Waals surface area (Å²) in [5.41, 5.74) is 7.34. The number of fused-ring (bicyclic) bond motifs is 1. The molecule has 1 aliphatic rings. The lowest BCUT2D eigenvalue weighted by atomic mass is 9.99. The Balaban J connectivity index is 0.00000176. The molecule has 1 aliphatic carbocycles. The molecule has 8 heteroatoms. The van der Waals surface area contributed by atoms with Gasteiger partial charge in [-0.2, -0.15) is 0 Å². The lowest BCUT2D eigenvalue weighted by molar-refractivity contribution is 0.102. The van der Waals surface area contributed by atoms with E-state index >= 15 is 0 Å². The molecular formula is C14H14BrClFN3OS. The Morgan fingerprint density at radius 1 is 1.50 bits per heavy atom. The topological polar surface area (TPSA) is 68.0 Å². The summed E-state index contributed by atoms with van der Waals surface area (Å²) in [7, 11) is 0. The van der Waals surface area contributed by atoms with Crippen LogP contribution in [0, 0.1) is 5.82 Å². The van der Waals surface area contributed by atoms with Crippen molar-refractivity contribution in [3.05, 3.63) is 44.6 Å². The molecule has 1 aromatic carbocycles. The molecule has 118 valence electrons. The molecule has 0 aliphatic heterocycles. The Morgan fingerprint density at radius 2 is 2.27 bits per heavy atom. The maximum absolute atomic E-state index is 13.2. The third-order valence-electron chi connectivity index (χ3n) is 3.38. The van der Waals surface area contributed by atoms with Crippen molar-refractivity contribution in [1.29, 1.82) is 0 Å². The van der Waals surface area contributed by atoms with Gasteiger partial charge in [-0.25, -0.2) is 9.37 Å². The van der Waals surface area contributed by atoms with Gasteiger partial charge < -0.3 is 5.73 Å². The van der Waals surface area contributed by atoms with Crippen molar-refractivity contribution in [2.24, 2.45) is 5.73 Å². The number of thiazole rings is 1. The number of carbonyl (C=O) groups excluding carboxylic acids is 1. The molecule has 1 heterocycles. The highest BCUT2D eigenvalue weighted by Crippen LogP contribution is 2.29. The van der Waals surface area contributed by atoms with Crippen molar-refractivity contribution in [3.8, 4) is 0 Å². The van der Waals surface area contributed by atoms with Crippen molar-refractivity contribution in [1.82, 2.24) is 4.98 Å². The Kier molecular flexibility index (Phi) is 5.55. The van der Waals surface area contributed by atoms with Gasteiger partial charge in [0.15, 0.2) is 5.13 Å². The van der Waals surface area contributed by atoms with Gasteiger partial charge in [0, 0.05) is 16.5 Å². The number of nitrogens with one attached hydrogen (secondary N) is 1. The van der Waals surface area contributed by atoms with E-state index in [0.717, 1.165) is 29.8 Å². The van der Waals surface area contributed by atoms with Crippen LogP contribution in [0.5, 0.6) is 0 Å². The predicted octanol–water partition coefficient (Wildman–Crippen LogP) is 3.53. The predicted molar refractivity (Wildman–Crippen MR) is 91.4 cm³/mol. The van der Waals surface area contributed by atoms with Gasteiger partial charge in [0.1, 0.15) is 5.82 Å². The Labute approximate surface area is 145 Å². The van der Waals surface area contributed by atoms with E-state index < -0.39 is 5.82 Å². The van der Waals surface area contributed by atoms with Crippen molar-refractivity contribution in [2.45, 2.75) is 25.3 Å². The summed E-state index contributed by atoms with van der Waals surface area (Å²) in [6.45, 7) is 0. The molecule has 3 N–H and O–H groups in total. The number of halogens is 3. The normalized spacial score (nSPS) is 16.6. The number of benzene rings is 1. The molecule has 1 atom stereocenters. The van der Waals surface area contributed by atoms with Gasteiger partial charge in [-0.05, 0) is 53.4 Å². The molecule has 1 amide bonds. The second-order valence-corrected chi connectivity index (χ2v) is 6.91. The van der Waals surface area contributed by atoms with Gasteiger partial charge >= 0.3 is 0 Å². The second-order valence-electron chi connectivity index (χ2n) is 4.97. The molecule has 0 unspecified atom stereocenters. The van der Waals surface area contributed by atoms with Gasteiger partial charge in [0.05, 0.1) is 10.2 Å². The van der Waals surface area contributed by atoms with Crippen LogP contribution in [0.15, 0.2) is 22.7 Å². The first-order valence-corrected chi connectivity index (χ1v) is 8.14. The monoisotopic (exact) mass is 405 g/mol. The number of carbonyl (C=O) groups is 1. The first-order chi connectivity index (χ1) is 10.0. The molecular weight excluding hydrogens is 393 g/mol. The minimum atomic E-state index is -0.398. The molecule has 1 aromatic heterocycles. The van der Waals surface area contributed by atoms with Gasteiger partial charge in [-0.1, -0.05) is 0 Å². The minimum Gasteiger partial charge on any atom is -0.327 e. The van der Waals surface area contributed by atoms with E-state index in [2.05, 4.69) is 26.2 Å². The highest BCUT2D eigenvalue weighted by Gasteiger charge is 2.21. The van der Waals surface area contributed by atoms with Crippen molar-refractivity contribution in [2.75, 3.05) is 5.32 Å². The van der Waals surface area contributed by atoms with Crippen LogP contribution in [-0.4, -0.2) is 16.9 Å². The van der Waals surface area contributed by atoms with Crippen LogP contribution >= 0.6 is 39.7 Å². The maximum atomic E-state index is 13.2. The molecule has 0 spiro atoms. The van der Waals surface area contributed by atoms with Gasteiger partial charge in [0.25, 0.3) is 5.91 Å². The van der Waals surface area contributed by atoms with E-state index in [-0.39, 0.29) is 28.8 Å². The number of anilines is 1. The first kappa shape index (κ1) is 17.3. The molecule has 2 aromatic rings. The van der Waals surface area contributed by atoms with Gasteiger partial charge in [-0.15, -0.1) is 23.7 Å². The molecule has 0 saturated carbocycles. The van der Waals surface area contributed by atoms with Crippen LogP contribution in [0.4, 0.5) is 9.52 Å². The zero-order chi connectivity index (χ0) is 15.0.